The highest BCUT2D eigenvalue weighted by Gasteiger charge is 2.51. The summed E-state index contributed by atoms with van der Waals surface area (Å²) in [5.74, 6) is -0.243. The number of amides is 1. The lowest BCUT2D eigenvalue weighted by molar-refractivity contribution is -0.359. The number of hydrogen-bond acceptors (Lipinski definition) is 13. The van der Waals surface area contributed by atoms with Crippen molar-refractivity contribution < 1.29 is 64.6 Å². The van der Waals surface area contributed by atoms with E-state index >= 15 is 0 Å². The Kier molecular flexibility index (Phi) is 57.0. The van der Waals surface area contributed by atoms with Gasteiger partial charge in [0.25, 0.3) is 0 Å². The monoisotopic (exact) mass is 1280 g/mol. The van der Waals surface area contributed by atoms with Crippen molar-refractivity contribution in [3.8, 4) is 0 Å². The molecule has 14 heteroatoms. The van der Waals surface area contributed by atoms with Crippen LogP contribution in [0.4, 0.5) is 0 Å². The molecule has 0 aromatic heterocycles. The summed E-state index contributed by atoms with van der Waals surface area (Å²) in [6.45, 7) is 2.84. The van der Waals surface area contributed by atoms with Crippen LogP contribution in [-0.2, 0) is 23.7 Å². The number of aliphatic hydroxyl groups is 8. The Morgan fingerprint density at radius 3 is 1.09 bits per heavy atom. The van der Waals surface area contributed by atoms with Gasteiger partial charge in [0.2, 0.25) is 5.91 Å². The van der Waals surface area contributed by atoms with Crippen molar-refractivity contribution in [1.29, 1.82) is 0 Å². The highest BCUT2D eigenvalue weighted by Crippen LogP contribution is 2.30. The molecule has 2 aliphatic heterocycles. The van der Waals surface area contributed by atoms with Gasteiger partial charge < -0.3 is 65.1 Å². The molecule has 0 bridgehead atoms. The second-order valence-electron chi connectivity index (χ2n) is 27.1. The van der Waals surface area contributed by atoms with Crippen LogP contribution in [0.5, 0.6) is 0 Å². The van der Waals surface area contributed by atoms with Gasteiger partial charge in [0.1, 0.15) is 48.8 Å². The molecule has 2 fully saturated rings. The van der Waals surface area contributed by atoms with Crippen LogP contribution in [0.2, 0.25) is 0 Å². The molecule has 14 nitrogen and oxygen atoms in total. The van der Waals surface area contributed by atoms with Crippen molar-refractivity contribution in [2.45, 2.75) is 421 Å². The van der Waals surface area contributed by atoms with Crippen molar-refractivity contribution >= 4 is 5.91 Å². The Labute approximate surface area is 551 Å². The van der Waals surface area contributed by atoms with E-state index in [4.69, 9.17) is 18.9 Å². The number of carbonyl (C=O) groups excluding carboxylic acids is 1. The summed E-state index contributed by atoms with van der Waals surface area (Å²) >= 11 is 0. The lowest BCUT2D eigenvalue weighted by atomic mass is 9.97. The van der Waals surface area contributed by atoms with Gasteiger partial charge in [-0.2, -0.15) is 0 Å². The van der Waals surface area contributed by atoms with Crippen LogP contribution in [0.15, 0.2) is 36.5 Å². The molecule has 0 aliphatic carbocycles. The smallest absolute Gasteiger partial charge is 0.220 e. The van der Waals surface area contributed by atoms with Crippen LogP contribution in [0.25, 0.3) is 0 Å². The van der Waals surface area contributed by atoms with Gasteiger partial charge in [0, 0.05) is 6.42 Å². The van der Waals surface area contributed by atoms with Crippen molar-refractivity contribution in [3.63, 3.8) is 0 Å². The maximum atomic E-state index is 13.4. The molecule has 12 unspecified atom stereocenters. The number of rotatable bonds is 64. The molecule has 0 radical (unpaired) electrons. The number of allylic oxidation sites excluding steroid dienone is 5. The summed E-state index contributed by atoms with van der Waals surface area (Å²) in [6, 6.07) is -0.932. The highest BCUT2D eigenvalue weighted by atomic mass is 16.7. The van der Waals surface area contributed by atoms with E-state index in [1.54, 1.807) is 6.08 Å². The van der Waals surface area contributed by atoms with Gasteiger partial charge in [-0.1, -0.05) is 320 Å². The molecule has 2 saturated heterocycles. The normalized spacial score (nSPS) is 23.0. The third-order valence-corrected chi connectivity index (χ3v) is 18.8. The molecule has 0 aromatic carbocycles. The van der Waals surface area contributed by atoms with E-state index in [9.17, 15) is 45.6 Å². The minimum atomic E-state index is -1.79. The molecule has 1 amide bonds. The maximum Gasteiger partial charge on any atom is 0.220 e. The van der Waals surface area contributed by atoms with E-state index in [2.05, 4.69) is 43.5 Å². The van der Waals surface area contributed by atoms with Crippen molar-refractivity contribution in [2.24, 2.45) is 0 Å². The number of unbranched alkanes of at least 4 members (excludes halogenated alkanes) is 47. The van der Waals surface area contributed by atoms with Crippen molar-refractivity contribution in [2.75, 3.05) is 19.8 Å². The Morgan fingerprint density at radius 1 is 0.389 bits per heavy atom. The summed E-state index contributed by atoms with van der Waals surface area (Å²) in [6.07, 6.45) is 62.2. The first-order valence-corrected chi connectivity index (χ1v) is 38.2. The van der Waals surface area contributed by atoms with E-state index in [1.165, 1.54) is 283 Å². The zero-order chi connectivity index (χ0) is 65.2. The molecule has 0 saturated carbocycles. The Morgan fingerprint density at radius 2 is 0.711 bits per heavy atom. The predicted octanol–water partition coefficient (Wildman–Crippen LogP) is 16.5. The minimum absolute atomic E-state index is 0.243. The minimum Gasteiger partial charge on any atom is -0.394 e. The van der Waals surface area contributed by atoms with Crippen LogP contribution < -0.4 is 5.32 Å². The Hall–Kier alpha value is -1.79. The zero-order valence-electron chi connectivity index (χ0n) is 57.9. The van der Waals surface area contributed by atoms with Crippen LogP contribution >= 0.6 is 0 Å². The fourth-order valence-electron chi connectivity index (χ4n) is 12.7. The fourth-order valence-corrected chi connectivity index (χ4v) is 12.7. The van der Waals surface area contributed by atoms with E-state index in [0.717, 1.165) is 32.1 Å². The molecule has 2 heterocycles. The third-order valence-electron chi connectivity index (χ3n) is 18.8. The Bertz CT molecular complexity index is 1650. The number of ether oxygens (including phenoxy) is 4. The van der Waals surface area contributed by atoms with Crippen LogP contribution in [0, 0.1) is 0 Å². The van der Waals surface area contributed by atoms with Crippen LogP contribution in [0.3, 0.4) is 0 Å². The van der Waals surface area contributed by atoms with E-state index in [1.807, 2.05) is 6.08 Å². The van der Waals surface area contributed by atoms with Gasteiger partial charge in [-0.25, -0.2) is 0 Å². The molecule has 9 N–H and O–H groups in total. The summed E-state index contributed by atoms with van der Waals surface area (Å²) in [5.41, 5.74) is 0. The van der Waals surface area contributed by atoms with Gasteiger partial charge in [0.05, 0.1) is 32.0 Å². The topological polar surface area (TPSA) is 228 Å². The summed E-state index contributed by atoms with van der Waals surface area (Å²) < 4.78 is 22.9. The number of hydrogen-bond donors (Lipinski definition) is 9. The molecular weight excluding hydrogens is 1130 g/mol. The SMILES string of the molecule is CCCCCCCCCC/C=C\CCCCCCCCCCCCCCCCCC(=O)NC(COC1OC(CO)C(OC2OC(CO)C(O)C(O)C2O)C(O)C1O)C(O)/C=C/CC/C=C/CCCCCCCCCCCCCCCCCCCCCCCCC. The quantitative estimate of drug-likeness (QED) is 0.0204. The molecule has 90 heavy (non-hydrogen) atoms. The lowest BCUT2D eigenvalue weighted by Crippen LogP contribution is -2.65. The summed E-state index contributed by atoms with van der Waals surface area (Å²) in [7, 11) is 0. The second kappa shape index (κ2) is 60.8. The van der Waals surface area contributed by atoms with Crippen LogP contribution in [-0.4, -0.2) is 140 Å². The largest absolute Gasteiger partial charge is 0.394 e. The third kappa shape index (κ3) is 44.0. The van der Waals surface area contributed by atoms with Gasteiger partial charge in [0.15, 0.2) is 12.6 Å². The molecule has 530 valence electrons. The van der Waals surface area contributed by atoms with Crippen LogP contribution in [0.1, 0.15) is 348 Å². The second-order valence-corrected chi connectivity index (χ2v) is 27.1. The fraction of sp³-hybridized carbons (Fsp3) is 0.908. The summed E-state index contributed by atoms with van der Waals surface area (Å²) in [4.78, 5) is 13.4. The number of aliphatic hydroxyl groups excluding tert-OH is 8. The Balaban J connectivity index is 1.66. The number of carbonyl (C=O) groups is 1. The van der Waals surface area contributed by atoms with E-state index in [-0.39, 0.29) is 18.9 Å². The zero-order valence-corrected chi connectivity index (χ0v) is 57.9. The van der Waals surface area contributed by atoms with Crippen molar-refractivity contribution in [1.82, 2.24) is 5.32 Å². The molecule has 2 aliphatic rings. The summed E-state index contributed by atoms with van der Waals surface area (Å²) in [5, 5.41) is 87.6. The standard InChI is InChI=1S/C76H143NO13/c1-3-5-7-9-11-13-15-17-19-21-23-25-27-29-31-32-34-35-37-39-41-43-45-47-49-51-53-55-57-59-65(80)64(63-87-75-73(86)71(84)74(67(62-79)89-75)90-76-72(85)70(83)69(82)66(61-78)88-76)77-68(81)60-58-56-54-52-50-48-46-44-42-40-38-36-33-30-28-26-24-22-20-18-16-14-12-10-8-6-4-2/h22,24,49,51,57,59,64-67,69-76,78-80,82-86H,3-21,23,25-48,50,52-56,58,60-63H2,1-2H3,(H,77,81)/b24-22-,51-49+,59-57+. The predicted molar refractivity (Wildman–Crippen MR) is 369 cm³/mol. The number of nitrogens with one attached hydrogen (secondary N) is 1. The maximum absolute atomic E-state index is 13.4. The van der Waals surface area contributed by atoms with Gasteiger partial charge in [-0.15, -0.1) is 0 Å². The molecule has 0 spiro atoms. The molecule has 2 rings (SSSR count). The molecular formula is C76H143NO13. The first-order valence-electron chi connectivity index (χ1n) is 38.2. The average molecular weight is 1280 g/mol. The van der Waals surface area contributed by atoms with E-state index in [0.29, 0.717) is 12.8 Å². The average Bonchev–Trinajstić information content (AvgIpc) is 1.41. The van der Waals surface area contributed by atoms with Gasteiger partial charge >= 0.3 is 0 Å². The lowest BCUT2D eigenvalue weighted by Gasteiger charge is -2.46. The molecule has 0 aromatic rings. The molecule has 12 atom stereocenters. The first kappa shape index (κ1) is 84.3. The van der Waals surface area contributed by atoms with E-state index < -0.39 is 86.8 Å². The van der Waals surface area contributed by atoms with Gasteiger partial charge in [-0.05, 0) is 57.8 Å². The highest BCUT2D eigenvalue weighted by molar-refractivity contribution is 5.76. The van der Waals surface area contributed by atoms with Crippen molar-refractivity contribution in [3.05, 3.63) is 36.5 Å². The first-order chi connectivity index (χ1) is 44.1. The van der Waals surface area contributed by atoms with Gasteiger partial charge in [-0.3, -0.25) is 4.79 Å².